The van der Waals surface area contributed by atoms with Crippen molar-refractivity contribution in [1.29, 1.82) is 0 Å². The highest BCUT2D eigenvalue weighted by atomic mass is 35.5. The summed E-state index contributed by atoms with van der Waals surface area (Å²) in [7, 11) is -0.616. The van der Waals surface area contributed by atoms with Gasteiger partial charge in [0, 0.05) is 19.7 Å². The fraction of sp³-hybridized carbons (Fsp3) is 0.143. The Hall–Kier alpha value is -2.99. The highest BCUT2D eigenvalue weighted by Crippen LogP contribution is 2.26. The van der Waals surface area contributed by atoms with Gasteiger partial charge < -0.3 is 5.73 Å². The van der Waals surface area contributed by atoms with Gasteiger partial charge in [0.1, 0.15) is 5.82 Å². The maximum Gasteiger partial charge on any atom is 0.242 e. The van der Waals surface area contributed by atoms with Gasteiger partial charge >= 0.3 is 0 Å². The number of rotatable bonds is 3. The largest absolute Gasteiger partial charge is 0.381 e. The van der Waals surface area contributed by atoms with Crippen LogP contribution in [0.2, 0.25) is 5.02 Å². The zero-order valence-corrected chi connectivity index (χ0v) is 18.0. The van der Waals surface area contributed by atoms with Crippen molar-refractivity contribution >= 4 is 27.4 Å². The third kappa shape index (κ3) is 4.28. The number of anilines is 1. The fourth-order valence-corrected chi connectivity index (χ4v) is 3.85. The van der Waals surface area contributed by atoms with E-state index in [-0.39, 0.29) is 27.0 Å². The maximum atomic E-state index is 13.9. The molecule has 3 rings (SSSR count). The van der Waals surface area contributed by atoms with Gasteiger partial charge in [0.2, 0.25) is 10.0 Å². The van der Waals surface area contributed by atoms with Crippen LogP contribution in [0.25, 0.3) is 11.3 Å². The van der Waals surface area contributed by atoms with Crippen molar-refractivity contribution in [1.82, 2.24) is 14.3 Å². The fourth-order valence-electron chi connectivity index (χ4n) is 2.65. The first-order valence-corrected chi connectivity index (χ1v) is 10.5. The van der Waals surface area contributed by atoms with E-state index < -0.39 is 15.8 Å². The number of hydrogen-bond donors (Lipinski definition) is 1. The van der Waals surface area contributed by atoms with Gasteiger partial charge in [-0.15, -0.1) is 0 Å². The van der Waals surface area contributed by atoms with E-state index in [4.69, 9.17) is 17.3 Å². The van der Waals surface area contributed by atoms with Gasteiger partial charge in [0.25, 0.3) is 0 Å². The van der Waals surface area contributed by atoms with Gasteiger partial charge in [-0.05, 0) is 42.7 Å². The topological polar surface area (TPSA) is 89.2 Å². The Kier molecular flexibility index (Phi) is 6.08. The van der Waals surface area contributed by atoms with Crippen molar-refractivity contribution in [2.75, 3.05) is 19.8 Å². The molecule has 1 aromatic heterocycles. The van der Waals surface area contributed by atoms with E-state index in [2.05, 4.69) is 21.8 Å². The molecule has 1 heterocycles. The van der Waals surface area contributed by atoms with E-state index in [9.17, 15) is 12.8 Å². The number of aryl methyl sites for hydroxylation is 1. The molecule has 0 amide bonds. The average molecular weight is 445 g/mol. The Labute approximate surface area is 179 Å². The third-order valence-electron chi connectivity index (χ3n) is 4.32. The van der Waals surface area contributed by atoms with Crippen molar-refractivity contribution in [3.8, 4) is 23.1 Å². The van der Waals surface area contributed by atoms with Crippen LogP contribution in [0, 0.1) is 24.6 Å². The first-order valence-electron chi connectivity index (χ1n) is 8.73. The molecule has 2 N–H and O–H groups in total. The Balaban J connectivity index is 2.04. The minimum absolute atomic E-state index is 0.0418. The number of benzene rings is 2. The molecule has 9 heteroatoms. The molecule has 2 aromatic carbocycles. The molecule has 0 fully saturated rings. The van der Waals surface area contributed by atoms with Crippen LogP contribution in [0.1, 0.15) is 16.8 Å². The second-order valence-corrected chi connectivity index (χ2v) is 9.16. The predicted octanol–water partition coefficient (Wildman–Crippen LogP) is 3.48. The Morgan fingerprint density at radius 3 is 2.53 bits per heavy atom. The Bertz CT molecular complexity index is 1280. The maximum absolute atomic E-state index is 13.9. The van der Waals surface area contributed by atoms with Gasteiger partial charge in [0.15, 0.2) is 11.5 Å². The van der Waals surface area contributed by atoms with Crippen LogP contribution in [0.15, 0.2) is 47.5 Å². The summed E-state index contributed by atoms with van der Waals surface area (Å²) in [4.78, 5) is 8.70. The van der Waals surface area contributed by atoms with Crippen LogP contribution in [-0.4, -0.2) is 36.8 Å². The molecular formula is C21H18ClFN4O2S. The lowest BCUT2D eigenvalue weighted by molar-refractivity contribution is 0.520. The lowest BCUT2D eigenvalue weighted by atomic mass is 10.1. The standard InChI is InChI=1S/C21H18ClFN4O2S/c1-13-11-14(30(28,29)27(2)3)7-8-15(13)20-12-25-21(24)19(26-20)10-9-16-17(22)5-4-6-18(16)23/h4-8,11-12H,1-3H3,(H2,24,25). The van der Waals surface area contributed by atoms with E-state index in [1.165, 1.54) is 44.6 Å². The summed E-state index contributed by atoms with van der Waals surface area (Å²) in [5.41, 5.74) is 7.90. The zero-order chi connectivity index (χ0) is 22.1. The molecule has 0 bridgehead atoms. The summed E-state index contributed by atoms with van der Waals surface area (Å²) < 4.78 is 39.7. The van der Waals surface area contributed by atoms with E-state index >= 15 is 0 Å². The highest BCUT2D eigenvalue weighted by Gasteiger charge is 2.18. The number of sulfonamides is 1. The molecule has 0 unspecified atom stereocenters. The summed E-state index contributed by atoms with van der Waals surface area (Å²) in [6.07, 6.45) is 1.47. The molecule has 0 saturated carbocycles. The van der Waals surface area contributed by atoms with Crippen molar-refractivity contribution < 1.29 is 12.8 Å². The second-order valence-electron chi connectivity index (χ2n) is 6.60. The lowest BCUT2D eigenvalue weighted by Crippen LogP contribution is -2.22. The summed E-state index contributed by atoms with van der Waals surface area (Å²) in [6, 6.07) is 8.99. The molecule has 0 saturated heterocycles. The summed E-state index contributed by atoms with van der Waals surface area (Å²) in [5.74, 6) is 4.90. The zero-order valence-electron chi connectivity index (χ0n) is 16.4. The summed E-state index contributed by atoms with van der Waals surface area (Å²) in [5, 5.41) is 0.179. The Morgan fingerprint density at radius 1 is 1.17 bits per heavy atom. The number of nitrogens with two attached hydrogens (primary N) is 1. The van der Waals surface area contributed by atoms with Crippen LogP contribution >= 0.6 is 11.6 Å². The van der Waals surface area contributed by atoms with Gasteiger partial charge in [-0.2, -0.15) is 0 Å². The summed E-state index contributed by atoms with van der Waals surface area (Å²) in [6.45, 7) is 1.77. The van der Waals surface area contributed by atoms with E-state index in [0.29, 0.717) is 16.8 Å². The molecule has 3 aromatic rings. The van der Waals surface area contributed by atoms with Crippen LogP contribution in [-0.2, 0) is 10.0 Å². The highest BCUT2D eigenvalue weighted by molar-refractivity contribution is 7.89. The minimum Gasteiger partial charge on any atom is -0.381 e. The minimum atomic E-state index is -3.55. The number of halogens is 2. The Morgan fingerprint density at radius 2 is 1.90 bits per heavy atom. The first-order chi connectivity index (χ1) is 14.1. The quantitative estimate of drug-likeness (QED) is 0.625. The molecule has 0 atom stereocenters. The number of nitrogen functional groups attached to an aromatic ring is 1. The lowest BCUT2D eigenvalue weighted by Gasteiger charge is -2.13. The SMILES string of the molecule is Cc1cc(S(=O)(=O)N(C)C)ccc1-c1cnc(N)c(C#Cc2c(F)cccc2Cl)n1. The first kappa shape index (κ1) is 21.7. The molecule has 0 aliphatic carbocycles. The average Bonchev–Trinajstić information content (AvgIpc) is 2.68. The molecular weight excluding hydrogens is 427 g/mol. The van der Waals surface area contributed by atoms with E-state index in [1.807, 2.05) is 0 Å². The number of aromatic nitrogens is 2. The molecule has 0 aliphatic heterocycles. The molecule has 0 radical (unpaired) electrons. The molecule has 30 heavy (non-hydrogen) atoms. The van der Waals surface area contributed by atoms with Gasteiger partial charge in [0.05, 0.1) is 27.4 Å². The second kappa shape index (κ2) is 8.40. The summed E-state index contributed by atoms with van der Waals surface area (Å²) >= 11 is 5.99. The smallest absolute Gasteiger partial charge is 0.242 e. The van der Waals surface area contributed by atoms with Gasteiger partial charge in [-0.25, -0.2) is 27.1 Å². The van der Waals surface area contributed by atoms with Crippen LogP contribution in [0.3, 0.4) is 0 Å². The molecule has 154 valence electrons. The normalized spacial score (nSPS) is 11.3. The number of nitrogens with zero attached hydrogens (tertiary/aromatic N) is 3. The molecule has 6 nitrogen and oxygen atoms in total. The van der Waals surface area contributed by atoms with Crippen LogP contribution in [0.4, 0.5) is 10.2 Å². The van der Waals surface area contributed by atoms with Gasteiger partial charge in [-0.1, -0.05) is 29.7 Å². The molecule has 0 aliphatic rings. The monoisotopic (exact) mass is 444 g/mol. The van der Waals surface area contributed by atoms with Gasteiger partial charge in [-0.3, -0.25) is 0 Å². The number of hydrogen-bond acceptors (Lipinski definition) is 5. The third-order valence-corrected chi connectivity index (χ3v) is 6.45. The van der Waals surface area contributed by atoms with Crippen molar-refractivity contribution in [3.05, 3.63) is 70.3 Å². The van der Waals surface area contributed by atoms with E-state index in [1.54, 1.807) is 19.1 Å². The van der Waals surface area contributed by atoms with Crippen molar-refractivity contribution in [3.63, 3.8) is 0 Å². The van der Waals surface area contributed by atoms with Crippen molar-refractivity contribution in [2.45, 2.75) is 11.8 Å². The van der Waals surface area contributed by atoms with E-state index in [0.717, 1.165) is 4.31 Å². The van der Waals surface area contributed by atoms with Crippen LogP contribution in [0.5, 0.6) is 0 Å². The van der Waals surface area contributed by atoms with Crippen molar-refractivity contribution in [2.24, 2.45) is 0 Å². The van der Waals surface area contributed by atoms with Crippen LogP contribution < -0.4 is 5.73 Å². The predicted molar refractivity (Wildman–Crippen MR) is 115 cm³/mol. The molecule has 0 spiro atoms.